The number of hydrogen-bond acceptors (Lipinski definition) is 2. The molecule has 0 amide bonds. The highest BCUT2D eigenvalue weighted by atomic mass is 35.5. The molecule has 0 fully saturated rings. The normalized spacial score (nSPS) is 12.3. The zero-order valence-electron chi connectivity index (χ0n) is 6.59. The van der Waals surface area contributed by atoms with Crippen LogP contribution in [0.2, 0.25) is 5.15 Å². The Balaban J connectivity index is 2.73. The number of fused-ring (bicyclic) bond motifs is 1. The van der Waals surface area contributed by atoms with Crippen LogP contribution in [-0.2, 0) is 6.18 Å². The van der Waals surface area contributed by atoms with Gasteiger partial charge in [-0.3, -0.25) is 0 Å². The van der Waals surface area contributed by atoms with Gasteiger partial charge in [-0.1, -0.05) is 11.6 Å². The molecule has 3 nitrogen and oxygen atoms in total. The van der Waals surface area contributed by atoms with Crippen LogP contribution >= 0.6 is 11.6 Å². The summed E-state index contributed by atoms with van der Waals surface area (Å²) in [6, 6.07) is 1.36. The van der Waals surface area contributed by atoms with Gasteiger partial charge in [0.2, 0.25) is 0 Å². The average molecular weight is 222 g/mol. The summed E-state index contributed by atoms with van der Waals surface area (Å²) in [6.45, 7) is 0. The third kappa shape index (κ3) is 1.41. The number of halogens is 4. The molecule has 2 aromatic heterocycles. The van der Waals surface area contributed by atoms with Crippen molar-refractivity contribution in [1.82, 2.24) is 14.6 Å². The predicted molar refractivity (Wildman–Crippen MR) is 43.0 cm³/mol. The van der Waals surface area contributed by atoms with Crippen LogP contribution in [0.15, 0.2) is 18.5 Å². The first kappa shape index (κ1) is 9.26. The molecule has 0 bridgehead atoms. The molecule has 0 aliphatic rings. The number of alkyl halides is 3. The Hall–Kier alpha value is -1.30. The second-order valence-electron chi connectivity index (χ2n) is 2.57. The molecule has 14 heavy (non-hydrogen) atoms. The zero-order chi connectivity index (χ0) is 10.3. The quantitative estimate of drug-likeness (QED) is 0.640. The molecular weight excluding hydrogens is 219 g/mol. The van der Waals surface area contributed by atoms with E-state index < -0.39 is 11.7 Å². The Bertz CT molecular complexity index is 476. The zero-order valence-corrected chi connectivity index (χ0v) is 7.34. The van der Waals surface area contributed by atoms with Gasteiger partial charge in [0, 0.05) is 6.20 Å². The van der Waals surface area contributed by atoms with Gasteiger partial charge in [0.25, 0.3) is 0 Å². The summed E-state index contributed by atoms with van der Waals surface area (Å²) in [6.07, 6.45) is -2.42. The average Bonchev–Trinajstić information content (AvgIpc) is 2.45. The van der Waals surface area contributed by atoms with Gasteiger partial charge in [0.15, 0.2) is 5.65 Å². The molecule has 0 unspecified atom stereocenters. The summed E-state index contributed by atoms with van der Waals surface area (Å²) < 4.78 is 38.1. The minimum atomic E-state index is -4.46. The van der Waals surface area contributed by atoms with Gasteiger partial charge in [-0.2, -0.15) is 18.3 Å². The largest absolute Gasteiger partial charge is 0.421 e. The van der Waals surface area contributed by atoms with Crippen molar-refractivity contribution in [2.45, 2.75) is 6.18 Å². The molecule has 2 heterocycles. The van der Waals surface area contributed by atoms with E-state index in [1.54, 1.807) is 0 Å². The van der Waals surface area contributed by atoms with Crippen LogP contribution in [0.25, 0.3) is 5.65 Å². The first-order chi connectivity index (χ1) is 6.48. The highest BCUT2D eigenvalue weighted by Crippen LogP contribution is 2.31. The van der Waals surface area contributed by atoms with E-state index in [0.29, 0.717) is 0 Å². The van der Waals surface area contributed by atoms with Crippen molar-refractivity contribution in [2.75, 3.05) is 0 Å². The maximum absolute atomic E-state index is 12.3. The Morgan fingerprint density at radius 1 is 1.36 bits per heavy atom. The fourth-order valence-electron chi connectivity index (χ4n) is 1.05. The highest BCUT2D eigenvalue weighted by molar-refractivity contribution is 6.29. The lowest BCUT2D eigenvalue weighted by Gasteiger charge is -2.02. The SMILES string of the molecule is FC(F)(F)c1cnn2ccc(Cl)nc12. The highest BCUT2D eigenvalue weighted by Gasteiger charge is 2.35. The van der Waals surface area contributed by atoms with Crippen molar-refractivity contribution in [3.05, 3.63) is 29.2 Å². The Morgan fingerprint density at radius 2 is 2.07 bits per heavy atom. The maximum Gasteiger partial charge on any atom is 0.421 e. The van der Waals surface area contributed by atoms with Gasteiger partial charge in [-0.25, -0.2) is 9.50 Å². The summed E-state index contributed by atoms with van der Waals surface area (Å²) in [4.78, 5) is 3.55. The van der Waals surface area contributed by atoms with E-state index in [9.17, 15) is 13.2 Å². The van der Waals surface area contributed by atoms with Gasteiger partial charge in [-0.15, -0.1) is 0 Å². The standard InChI is InChI=1S/C7H3ClF3N3/c8-5-1-2-14-6(13-5)4(3-12-14)7(9,10)11/h1-3H. The van der Waals surface area contributed by atoms with Gasteiger partial charge in [0.05, 0.1) is 6.20 Å². The number of aromatic nitrogens is 3. The molecule has 0 N–H and O–H groups in total. The Labute approximate surface area is 81.1 Å². The van der Waals surface area contributed by atoms with E-state index in [4.69, 9.17) is 11.6 Å². The first-order valence-electron chi connectivity index (χ1n) is 3.55. The monoisotopic (exact) mass is 221 g/mol. The molecule has 0 aliphatic carbocycles. The molecule has 0 aromatic carbocycles. The Morgan fingerprint density at radius 3 is 2.71 bits per heavy atom. The summed E-state index contributed by atoms with van der Waals surface area (Å²) >= 11 is 5.48. The van der Waals surface area contributed by atoms with Crippen molar-refractivity contribution < 1.29 is 13.2 Å². The summed E-state index contributed by atoms with van der Waals surface area (Å²) in [7, 11) is 0. The molecule has 74 valence electrons. The van der Waals surface area contributed by atoms with Crippen LogP contribution in [0.4, 0.5) is 13.2 Å². The summed E-state index contributed by atoms with van der Waals surface area (Å²) in [5.41, 5.74) is -1.18. The third-order valence-corrected chi connectivity index (χ3v) is 1.85. The van der Waals surface area contributed by atoms with Crippen molar-refractivity contribution >= 4 is 17.2 Å². The lowest BCUT2D eigenvalue weighted by atomic mass is 10.3. The Kier molecular flexibility index (Phi) is 1.88. The molecule has 2 rings (SSSR count). The second kappa shape index (κ2) is 2.84. The molecule has 0 aliphatic heterocycles. The topological polar surface area (TPSA) is 30.2 Å². The minimum Gasteiger partial charge on any atom is -0.222 e. The fourth-order valence-corrected chi connectivity index (χ4v) is 1.18. The van der Waals surface area contributed by atoms with Crippen molar-refractivity contribution in [1.29, 1.82) is 0 Å². The van der Waals surface area contributed by atoms with Crippen LogP contribution in [-0.4, -0.2) is 14.6 Å². The van der Waals surface area contributed by atoms with E-state index in [0.717, 1.165) is 10.7 Å². The maximum atomic E-state index is 12.3. The van der Waals surface area contributed by atoms with Gasteiger partial charge in [0.1, 0.15) is 10.7 Å². The lowest BCUT2D eigenvalue weighted by molar-refractivity contribution is -0.136. The van der Waals surface area contributed by atoms with Crippen LogP contribution < -0.4 is 0 Å². The smallest absolute Gasteiger partial charge is 0.222 e. The van der Waals surface area contributed by atoms with Crippen molar-refractivity contribution in [3.8, 4) is 0 Å². The van der Waals surface area contributed by atoms with E-state index in [-0.39, 0.29) is 10.8 Å². The number of nitrogens with zero attached hydrogens (tertiary/aromatic N) is 3. The lowest BCUT2D eigenvalue weighted by Crippen LogP contribution is -2.05. The summed E-state index contributed by atoms with van der Waals surface area (Å²) in [5.74, 6) is 0. The molecule has 0 spiro atoms. The fraction of sp³-hybridized carbons (Fsp3) is 0.143. The molecule has 2 aromatic rings. The van der Waals surface area contributed by atoms with Crippen LogP contribution in [0.3, 0.4) is 0 Å². The molecule has 0 saturated heterocycles. The molecule has 7 heteroatoms. The van der Waals surface area contributed by atoms with Crippen molar-refractivity contribution in [2.24, 2.45) is 0 Å². The van der Waals surface area contributed by atoms with E-state index in [1.165, 1.54) is 12.3 Å². The van der Waals surface area contributed by atoms with E-state index >= 15 is 0 Å². The number of hydrogen-bond donors (Lipinski definition) is 0. The van der Waals surface area contributed by atoms with Crippen LogP contribution in [0, 0.1) is 0 Å². The molecule has 0 saturated carbocycles. The van der Waals surface area contributed by atoms with Crippen LogP contribution in [0.1, 0.15) is 5.56 Å². The minimum absolute atomic E-state index is 0.00324. The van der Waals surface area contributed by atoms with Gasteiger partial charge in [-0.05, 0) is 6.07 Å². The predicted octanol–water partition coefficient (Wildman–Crippen LogP) is 2.40. The third-order valence-electron chi connectivity index (χ3n) is 1.64. The number of rotatable bonds is 0. The van der Waals surface area contributed by atoms with E-state index in [2.05, 4.69) is 10.1 Å². The van der Waals surface area contributed by atoms with Crippen LogP contribution in [0.5, 0.6) is 0 Å². The van der Waals surface area contributed by atoms with E-state index in [1.807, 2.05) is 0 Å². The van der Waals surface area contributed by atoms with Gasteiger partial charge >= 0.3 is 6.18 Å². The summed E-state index contributed by atoms with van der Waals surface area (Å²) in [5, 5.41) is 3.50. The first-order valence-corrected chi connectivity index (χ1v) is 3.93. The second-order valence-corrected chi connectivity index (χ2v) is 2.96. The van der Waals surface area contributed by atoms with Gasteiger partial charge < -0.3 is 0 Å². The molecular formula is C7H3ClF3N3. The molecule has 0 radical (unpaired) electrons. The molecule has 0 atom stereocenters. The van der Waals surface area contributed by atoms with Crippen molar-refractivity contribution in [3.63, 3.8) is 0 Å².